The number of hydrogen-bond donors (Lipinski definition) is 1. The smallest absolute Gasteiger partial charge is 0.311 e. The lowest BCUT2D eigenvalue weighted by molar-refractivity contribution is -0.149. The highest BCUT2D eigenvalue weighted by molar-refractivity contribution is 7.09. The number of ether oxygens (including phenoxy) is 2. The number of carbonyl (C=O) groups excluding carboxylic acids is 3. The minimum absolute atomic E-state index is 0.00219. The van der Waals surface area contributed by atoms with Gasteiger partial charge >= 0.3 is 5.97 Å². The van der Waals surface area contributed by atoms with Crippen LogP contribution in [-0.4, -0.2) is 36.4 Å². The number of aryl methyl sites for hydroxylation is 2. The average molecular weight is 494 g/mol. The largest absolute Gasteiger partial charge is 0.497 e. The lowest BCUT2D eigenvalue weighted by Gasteiger charge is -2.17. The maximum atomic E-state index is 12.6. The SMILES string of the molecule is COc1cccc(N2CC(C(=O)OCc3csc(CC(=O)Nc4cc(C)ccc4C)n3)CC2=O)c1. The molecule has 2 heterocycles. The van der Waals surface area contributed by atoms with Crippen molar-refractivity contribution in [3.63, 3.8) is 0 Å². The van der Waals surface area contributed by atoms with Gasteiger partial charge in [-0.15, -0.1) is 11.3 Å². The van der Waals surface area contributed by atoms with E-state index in [2.05, 4.69) is 10.3 Å². The van der Waals surface area contributed by atoms with Crippen molar-refractivity contribution >= 4 is 40.5 Å². The van der Waals surface area contributed by atoms with E-state index in [1.165, 1.54) is 11.3 Å². The first kappa shape index (κ1) is 24.4. The molecule has 1 aliphatic heterocycles. The lowest BCUT2D eigenvalue weighted by Crippen LogP contribution is -2.26. The van der Waals surface area contributed by atoms with Crippen LogP contribution in [0.1, 0.15) is 28.2 Å². The van der Waals surface area contributed by atoms with Gasteiger partial charge in [-0.05, 0) is 43.2 Å². The van der Waals surface area contributed by atoms with Gasteiger partial charge in [-0.3, -0.25) is 14.4 Å². The number of amides is 2. The molecule has 0 bridgehead atoms. The molecule has 1 atom stereocenters. The first-order valence-electron chi connectivity index (χ1n) is 11.2. The summed E-state index contributed by atoms with van der Waals surface area (Å²) in [7, 11) is 1.56. The Morgan fingerprint density at radius 2 is 2.03 bits per heavy atom. The third-order valence-electron chi connectivity index (χ3n) is 5.76. The van der Waals surface area contributed by atoms with Crippen molar-refractivity contribution in [3.05, 3.63) is 69.7 Å². The Morgan fingerprint density at radius 1 is 1.20 bits per heavy atom. The molecule has 8 nitrogen and oxygen atoms in total. The molecule has 2 amide bonds. The Hall–Kier alpha value is -3.72. The molecule has 0 spiro atoms. The van der Waals surface area contributed by atoms with E-state index in [1.807, 2.05) is 32.0 Å². The van der Waals surface area contributed by atoms with Crippen molar-refractivity contribution in [1.29, 1.82) is 0 Å². The molecule has 182 valence electrons. The van der Waals surface area contributed by atoms with E-state index in [1.54, 1.807) is 41.7 Å². The van der Waals surface area contributed by atoms with Crippen LogP contribution in [-0.2, 0) is 32.1 Å². The molecule has 1 aliphatic rings. The Kier molecular flexibility index (Phi) is 7.45. The number of carbonyl (C=O) groups is 3. The van der Waals surface area contributed by atoms with Gasteiger partial charge in [-0.25, -0.2) is 4.98 Å². The minimum atomic E-state index is -0.546. The van der Waals surface area contributed by atoms with Crippen LogP contribution in [0.2, 0.25) is 0 Å². The zero-order valence-electron chi connectivity index (χ0n) is 19.9. The first-order valence-corrected chi connectivity index (χ1v) is 12.1. The quantitative estimate of drug-likeness (QED) is 0.476. The molecule has 0 aliphatic carbocycles. The van der Waals surface area contributed by atoms with Gasteiger partial charge in [0.2, 0.25) is 11.8 Å². The fraction of sp³-hybridized carbons (Fsp3) is 0.308. The van der Waals surface area contributed by atoms with Crippen LogP contribution in [0.5, 0.6) is 5.75 Å². The van der Waals surface area contributed by atoms with Crippen LogP contribution in [0.15, 0.2) is 47.8 Å². The van der Waals surface area contributed by atoms with Crippen molar-refractivity contribution in [2.45, 2.75) is 33.3 Å². The predicted molar refractivity (Wildman–Crippen MR) is 134 cm³/mol. The first-order chi connectivity index (χ1) is 16.8. The van der Waals surface area contributed by atoms with E-state index in [4.69, 9.17) is 9.47 Å². The summed E-state index contributed by atoms with van der Waals surface area (Å²) in [6.45, 7) is 4.17. The third-order valence-corrected chi connectivity index (χ3v) is 6.66. The molecule has 1 saturated heterocycles. The second kappa shape index (κ2) is 10.7. The van der Waals surface area contributed by atoms with Gasteiger partial charge in [0.05, 0.1) is 25.1 Å². The van der Waals surface area contributed by atoms with Crippen LogP contribution < -0.4 is 15.0 Å². The fourth-order valence-electron chi connectivity index (χ4n) is 3.85. The summed E-state index contributed by atoms with van der Waals surface area (Å²) in [4.78, 5) is 43.5. The number of rotatable bonds is 8. The van der Waals surface area contributed by atoms with Gasteiger partial charge in [0, 0.05) is 35.8 Å². The highest BCUT2D eigenvalue weighted by Crippen LogP contribution is 2.28. The summed E-state index contributed by atoms with van der Waals surface area (Å²) in [5.41, 5.74) is 4.11. The van der Waals surface area contributed by atoms with Crippen LogP contribution in [0.4, 0.5) is 11.4 Å². The van der Waals surface area contributed by atoms with E-state index in [9.17, 15) is 14.4 Å². The number of aromatic nitrogens is 1. The zero-order chi connectivity index (χ0) is 24.9. The summed E-state index contributed by atoms with van der Waals surface area (Å²) in [6, 6.07) is 13.1. The van der Waals surface area contributed by atoms with E-state index in [-0.39, 0.29) is 37.8 Å². The number of thiazole rings is 1. The monoisotopic (exact) mass is 493 g/mol. The molecule has 3 aromatic rings. The topological polar surface area (TPSA) is 97.8 Å². The molecule has 9 heteroatoms. The van der Waals surface area contributed by atoms with Gasteiger partial charge in [-0.2, -0.15) is 0 Å². The molecule has 0 saturated carbocycles. The zero-order valence-corrected chi connectivity index (χ0v) is 20.7. The van der Waals surface area contributed by atoms with Crippen molar-refractivity contribution in [1.82, 2.24) is 4.98 Å². The van der Waals surface area contributed by atoms with Crippen molar-refractivity contribution in [3.8, 4) is 5.75 Å². The van der Waals surface area contributed by atoms with Crippen molar-refractivity contribution < 1.29 is 23.9 Å². The third kappa shape index (κ3) is 6.05. The summed E-state index contributed by atoms with van der Waals surface area (Å²) in [6.07, 6.45) is 0.232. The molecule has 35 heavy (non-hydrogen) atoms. The molecular weight excluding hydrogens is 466 g/mol. The summed E-state index contributed by atoms with van der Waals surface area (Å²) in [5, 5.41) is 5.33. The van der Waals surface area contributed by atoms with E-state index in [0.717, 1.165) is 16.8 Å². The Labute approximate surface area is 207 Å². The second-order valence-electron chi connectivity index (χ2n) is 8.49. The summed E-state index contributed by atoms with van der Waals surface area (Å²) < 4.78 is 10.6. The molecule has 4 rings (SSSR count). The minimum Gasteiger partial charge on any atom is -0.497 e. The number of methoxy groups -OCH3 is 1. The van der Waals surface area contributed by atoms with Crippen molar-refractivity contribution in [2.24, 2.45) is 5.92 Å². The normalized spacial score (nSPS) is 15.2. The van der Waals surface area contributed by atoms with E-state index < -0.39 is 11.9 Å². The van der Waals surface area contributed by atoms with Crippen LogP contribution in [0.3, 0.4) is 0 Å². The molecule has 0 radical (unpaired) electrons. The van der Waals surface area contributed by atoms with Gasteiger partial charge in [0.15, 0.2) is 0 Å². The van der Waals surface area contributed by atoms with Gasteiger partial charge in [0.25, 0.3) is 0 Å². The Bertz CT molecular complexity index is 1260. The van der Waals surface area contributed by atoms with Crippen LogP contribution >= 0.6 is 11.3 Å². The summed E-state index contributed by atoms with van der Waals surface area (Å²) in [5.74, 6) is -0.630. The number of nitrogens with one attached hydrogen (secondary N) is 1. The van der Waals surface area contributed by atoms with Gasteiger partial charge in [0.1, 0.15) is 17.4 Å². The van der Waals surface area contributed by atoms with Crippen LogP contribution in [0.25, 0.3) is 0 Å². The number of esters is 1. The molecular formula is C26H27N3O5S. The fourth-order valence-corrected chi connectivity index (χ4v) is 4.63. The molecule has 1 N–H and O–H groups in total. The molecule has 1 aromatic heterocycles. The van der Waals surface area contributed by atoms with Gasteiger partial charge in [-0.1, -0.05) is 18.2 Å². The standard InChI is InChI=1S/C26H27N3O5S/c1-16-7-8-17(2)22(9-16)28-23(30)12-24-27-19(15-35-24)14-34-26(32)18-10-25(31)29(13-18)20-5-4-6-21(11-20)33-3/h4-9,11,15,18H,10,12-14H2,1-3H3,(H,28,30). The lowest BCUT2D eigenvalue weighted by atomic mass is 10.1. The molecule has 2 aromatic carbocycles. The highest BCUT2D eigenvalue weighted by Gasteiger charge is 2.36. The highest BCUT2D eigenvalue weighted by atomic mass is 32.1. The van der Waals surface area contributed by atoms with Crippen LogP contribution in [0, 0.1) is 19.8 Å². The van der Waals surface area contributed by atoms with E-state index >= 15 is 0 Å². The number of nitrogens with zero attached hydrogens (tertiary/aromatic N) is 2. The number of hydrogen-bond acceptors (Lipinski definition) is 7. The van der Waals surface area contributed by atoms with Gasteiger partial charge < -0.3 is 19.7 Å². The second-order valence-corrected chi connectivity index (χ2v) is 9.43. The molecule has 1 unspecified atom stereocenters. The maximum Gasteiger partial charge on any atom is 0.311 e. The Balaban J connectivity index is 1.28. The summed E-state index contributed by atoms with van der Waals surface area (Å²) >= 11 is 1.34. The molecule has 1 fully saturated rings. The predicted octanol–water partition coefficient (Wildman–Crippen LogP) is 4.05. The average Bonchev–Trinajstić information content (AvgIpc) is 3.46. The number of anilines is 2. The maximum absolute atomic E-state index is 12.6. The Morgan fingerprint density at radius 3 is 2.83 bits per heavy atom. The van der Waals surface area contributed by atoms with Crippen molar-refractivity contribution in [2.75, 3.05) is 23.9 Å². The number of benzene rings is 2. The van der Waals surface area contributed by atoms with E-state index in [0.29, 0.717) is 22.1 Å².